The second kappa shape index (κ2) is 11.8. The van der Waals surface area contributed by atoms with Gasteiger partial charge in [0, 0.05) is 56.6 Å². The van der Waals surface area contributed by atoms with E-state index >= 15 is 0 Å². The number of nitrogens with zero attached hydrogens (tertiary/aromatic N) is 4. The minimum absolute atomic E-state index is 0.0913. The van der Waals surface area contributed by atoms with Gasteiger partial charge in [-0.25, -0.2) is 4.98 Å². The molecule has 1 saturated heterocycles. The lowest BCUT2D eigenvalue weighted by atomic mass is 10.1. The zero-order valence-electron chi connectivity index (χ0n) is 17.5. The number of aromatic nitrogens is 1. The van der Waals surface area contributed by atoms with Crippen molar-refractivity contribution in [2.45, 2.75) is 19.8 Å². The molecule has 0 aliphatic carbocycles. The summed E-state index contributed by atoms with van der Waals surface area (Å²) in [5.41, 5.74) is 2.47. The molecule has 0 saturated carbocycles. The molecule has 1 fully saturated rings. The number of nitrogens with one attached hydrogen (secondary N) is 1. The Kier molecular flexibility index (Phi) is 8.78. The molecule has 7 nitrogen and oxygen atoms in total. The van der Waals surface area contributed by atoms with Gasteiger partial charge in [-0.15, -0.1) is 11.3 Å². The first-order valence-electron chi connectivity index (χ1n) is 10.3. The third kappa shape index (κ3) is 7.50. The van der Waals surface area contributed by atoms with E-state index in [1.807, 2.05) is 11.1 Å². The fourth-order valence-electron chi connectivity index (χ4n) is 3.42. The molecule has 3 rings (SSSR count). The van der Waals surface area contributed by atoms with Crippen LogP contribution in [0.5, 0.6) is 0 Å². The van der Waals surface area contributed by atoms with Crippen LogP contribution in [0.3, 0.4) is 0 Å². The van der Waals surface area contributed by atoms with Crippen LogP contribution in [0, 0.1) is 18.3 Å². The number of benzene rings is 1. The molecular formula is C22H29N5O2S. The number of hydrogen-bond donors (Lipinski definition) is 1. The SMILES string of the molecule is Cc1cccc(Cc2cnc(NC(=O)CN(CCC#N)CCN3CCOCC3)s2)c1. The van der Waals surface area contributed by atoms with Crippen LogP contribution in [0.1, 0.15) is 22.4 Å². The van der Waals surface area contributed by atoms with E-state index in [-0.39, 0.29) is 12.5 Å². The molecule has 1 aromatic heterocycles. The summed E-state index contributed by atoms with van der Waals surface area (Å²) in [7, 11) is 0. The van der Waals surface area contributed by atoms with Crippen LogP contribution in [0.15, 0.2) is 30.5 Å². The second-order valence-electron chi connectivity index (χ2n) is 7.48. The largest absolute Gasteiger partial charge is 0.379 e. The van der Waals surface area contributed by atoms with E-state index in [0.717, 1.165) is 50.7 Å². The van der Waals surface area contributed by atoms with E-state index in [1.54, 1.807) is 0 Å². The molecule has 0 radical (unpaired) electrons. The Balaban J connectivity index is 1.49. The highest BCUT2D eigenvalue weighted by Gasteiger charge is 2.16. The van der Waals surface area contributed by atoms with Crippen molar-refractivity contribution in [1.82, 2.24) is 14.8 Å². The molecule has 8 heteroatoms. The van der Waals surface area contributed by atoms with Crippen LogP contribution in [0.4, 0.5) is 5.13 Å². The van der Waals surface area contributed by atoms with Gasteiger partial charge < -0.3 is 10.1 Å². The van der Waals surface area contributed by atoms with Gasteiger partial charge in [0.05, 0.1) is 25.8 Å². The maximum atomic E-state index is 12.5. The van der Waals surface area contributed by atoms with Gasteiger partial charge in [0.25, 0.3) is 0 Å². The molecule has 1 aliphatic heterocycles. The number of anilines is 1. The van der Waals surface area contributed by atoms with Crippen molar-refractivity contribution in [3.63, 3.8) is 0 Å². The van der Waals surface area contributed by atoms with Crippen molar-refractivity contribution in [2.24, 2.45) is 0 Å². The summed E-state index contributed by atoms with van der Waals surface area (Å²) in [6.07, 6.45) is 3.05. The molecule has 0 atom stereocenters. The third-order valence-electron chi connectivity index (χ3n) is 5.00. The van der Waals surface area contributed by atoms with Gasteiger partial charge in [-0.2, -0.15) is 5.26 Å². The molecular weight excluding hydrogens is 398 g/mol. The molecule has 1 N–H and O–H groups in total. The predicted octanol–water partition coefficient (Wildman–Crippen LogP) is 2.53. The standard InChI is InChI=1S/C22H29N5O2S/c1-18-4-2-5-19(14-18)15-20-16-24-22(30-20)25-21(28)17-27(7-3-6-23)9-8-26-10-12-29-13-11-26/h2,4-5,14,16H,3,7-13,15,17H2,1H3,(H,24,25,28). The number of carbonyl (C=O) groups is 1. The Bertz CT molecular complexity index is 857. The van der Waals surface area contributed by atoms with Gasteiger partial charge in [-0.05, 0) is 12.5 Å². The van der Waals surface area contributed by atoms with Crippen molar-refractivity contribution in [1.29, 1.82) is 5.26 Å². The molecule has 0 spiro atoms. The van der Waals surface area contributed by atoms with Crippen LogP contribution in [-0.4, -0.2) is 73.2 Å². The maximum absolute atomic E-state index is 12.5. The van der Waals surface area contributed by atoms with Gasteiger partial charge >= 0.3 is 0 Å². The van der Waals surface area contributed by atoms with E-state index in [1.165, 1.54) is 22.5 Å². The van der Waals surface area contributed by atoms with Crippen LogP contribution >= 0.6 is 11.3 Å². The number of amides is 1. The average molecular weight is 428 g/mol. The summed E-state index contributed by atoms with van der Waals surface area (Å²) >= 11 is 1.51. The van der Waals surface area contributed by atoms with Crippen molar-refractivity contribution in [3.8, 4) is 6.07 Å². The first-order valence-corrected chi connectivity index (χ1v) is 11.1. The summed E-state index contributed by atoms with van der Waals surface area (Å²) in [4.78, 5) is 22.4. The number of ether oxygens (including phenoxy) is 1. The maximum Gasteiger partial charge on any atom is 0.240 e. The minimum Gasteiger partial charge on any atom is -0.379 e. The van der Waals surface area contributed by atoms with Crippen LogP contribution in [-0.2, 0) is 16.0 Å². The summed E-state index contributed by atoms with van der Waals surface area (Å²) in [5, 5.41) is 12.5. The normalized spacial score (nSPS) is 14.6. The quantitative estimate of drug-likeness (QED) is 0.628. The monoisotopic (exact) mass is 427 g/mol. The molecule has 30 heavy (non-hydrogen) atoms. The predicted molar refractivity (Wildman–Crippen MR) is 119 cm³/mol. The lowest BCUT2D eigenvalue weighted by Crippen LogP contribution is -2.43. The average Bonchev–Trinajstić information content (AvgIpc) is 3.17. The number of thiazole rings is 1. The van der Waals surface area contributed by atoms with Crippen molar-refractivity contribution in [3.05, 3.63) is 46.5 Å². The molecule has 1 aliphatic rings. The summed E-state index contributed by atoms with van der Waals surface area (Å²) in [6.45, 7) is 7.91. The highest BCUT2D eigenvalue weighted by atomic mass is 32.1. The van der Waals surface area contributed by atoms with Crippen molar-refractivity contribution in [2.75, 3.05) is 57.8 Å². The Hall–Kier alpha value is -2.31. The van der Waals surface area contributed by atoms with Crippen LogP contribution in [0.2, 0.25) is 0 Å². The molecule has 1 amide bonds. The number of rotatable bonds is 10. The number of nitriles is 1. The highest BCUT2D eigenvalue weighted by Crippen LogP contribution is 2.21. The fraction of sp³-hybridized carbons (Fsp3) is 0.500. The summed E-state index contributed by atoms with van der Waals surface area (Å²) < 4.78 is 5.38. The van der Waals surface area contributed by atoms with Gasteiger partial charge in [-0.1, -0.05) is 29.8 Å². The topological polar surface area (TPSA) is 81.5 Å². The van der Waals surface area contributed by atoms with Gasteiger partial charge in [0.1, 0.15) is 0 Å². The van der Waals surface area contributed by atoms with E-state index < -0.39 is 0 Å². The van der Waals surface area contributed by atoms with Crippen LogP contribution in [0.25, 0.3) is 0 Å². The van der Waals surface area contributed by atoms with E-state index in [0.29, 0.717) is 18.1 Å². The Morgan fingerprint density at radius 3 is 2.97 bits per heavy atom. The molecule has 0 unspecified atom stereocenters. The zero-order chi connectivity index (χ0) is 21.2. The third-order valence-corrected chi connectivity index (χ3v) is 5.92. The lowest BCUT2D eigenvalue weighted by Gasteiger charge is -2.29. The number of carbonyl (C=O) groups excluding carboxylic acids is 1. The van der Waals surface area contributed by atoms with Gasteiger partial charge in [0.15, 0.2) is 5.13 Å². The molecule has 160 valence electrons. The molecule has 2 aromatic rings. The lowest BCUT2D eigenvalue weighted by molar-refractivity contribution is -0.117. The van der Waals surface area contributed by atoms with E-state index in [4.69, 9.17) is 10.00 Å². The first kappa shape index (κ1) is 22.4. The zero-order valence-corrected chi connectivity index (χ0v) is 18.3. The Morgan fingerprint density at radius 1 is 1.37 bits per heavy atom. The van der Waals surface area contributed by atoms with Crippen LogP contribution < -0.4 is 5.32 Å². The first-order chi connectivity index (χ1) is 14.6. The van der Waals surface area contributed by atoms with Gasteiger partial charge in [0.2, 0.25) is 5.91 Å². The summed E-state index contributed by atoms with van der Waals surface area (Å²) in [6, 6.07) is 10.6. The Labute approximate surface area is 182 Å². The highest BCUT2D eigenvalue weighted by molar-refractivity contribution is 7.15. The second-order valence-corrected chi connectivity index (χ2v) is 8.60. The smallest absolute Gasteiger partial charge is 0.240 e. The van der Waals surface area contributed by atoms with Crippen molar-refractivity contribution < 1.29 is 9.53 Å². The number of aryl methyl sites for hydroxylation is 1. The molecule has 2 heterocycles. The molecule has 0 bridgehead atoms. The summed E-state index contributed by atoms with van der Waals surface area (Å²) in [5.74, 6) is -0.0913. The fourth-order valence-corrected chi connectivity index (χ4v) is 4.28. The number of hydrogen-bond acceptors (Lipinski definition) is 7. The number of morpholine rings is 1. The van der Waals surface area contributed by atoms with E-state index in [9.17, 15) is 4.79 Å². The van der Waals surface area contributed by atoms with E-state index in [2.05, 4.69) is 52.5 Å². The minimum atomic E-state index is -0.0913. The van der Waals surface area contributed by atoms with Crippen molar-refractivity contribution >= 4 is 22.4 Å². The van der Waals surface area contributed by atoms with Gasteiger partial charge in [-0.3, -0.25) is 14.6 Å². The molecule has 1 aromatic carbocycles. The Morgan fingerprint density at radius 2 is 2.20 bits per heavy atom.